The molecule has 0 radical (unpaired) electrons. The van der Waals surface area contributed by atoms with Crippen LogP contribution in [0.15, 0.2) is 56.1 Å². The van der Waals surface area contributed by atoms with Crippen LogP contribution in [0.4, 0.5) is 5.69 Å². The maximum atomic E-state index is 12.3. The second kappa shape index (κ2) is 6.04. The summed E-state index contributed by atoms with van der Waals surface area (Å²) in [5.41, 5.74) is 2.27. The molecule has 2 aromatic carbocycles. The zero-order chi connectivity index (χ0) is 16.6. The number of rotatable bonds is 3. The molecule has 0 unspecified atom stereocenters. The van der Waals surface area contributed by atoms with Crippen LogP contribution in [0.1, 0.15) is 30.2 Å². The average Bonchev–Trinajstić information content (AvgIpc) is 2.82. The van der Waals surface area contributed by atoms with Crippen molar-refractivity contribution in [3.63, 3.8) is 0 Å². The van der Waals surface area contributed by atoms with Crippen molar-refractivity contribution in [3.05, 3.63) is 63.1 Å². The Morgan fingerprint density at radius 2 is 1.96 bits per heavy atom. The van der Waals surface area contributed by atoms with Crippen LogP contribution in [-0.2, 0) is 0 Å². The lowest BCUT2D eigenvalue weighted by Gasteiger charge is -2.08. The molecule has 0 aliphatic rings. The van der Waals surface area contributed by atoms with E-state index >= 15 is 0 Å². The third kappa shape index (κ3) is 2.94. The molecule has 1 amide bonds. The number of benzene rings is 2. The van der Waals surface area contributed by atoms with Gasteiger partial charge in [-0.3, -0.25) is 9.36 Å². The number of halogens is 1. The van der Waals surface area contributed by atoms with Crippen LogP contribution in [0.2, 0.25) is 0 Å². The van der Waals surface area contributed by atoms with Gasteiger partial charge in [-0.25, -0.2) is 4.79 Å². The minimum absolute atomic E-state index is 0.00413. The van der Waals surface area contributed by atoms with Crippen LogP contribution in [0.5, 0.6) is 0 Å². The first kappa shape index (κ1) is 15.6. The highest BCUT2D eigenvalue weighted by Crippen LogP contribution is 2.22. The summed E-state index contributed by atoms with van der Waals surface area (Å²) in [7, 11) is 0. The van der Waals surface area contributed by atoms with Gasteiger partial charge in [0.05, 0.1) is 11.1 Å². The number of amides is 1. The fourth-order valence-corrected chi connectivity index (χ4v) is 2.91. The fourth-order valence-electron chi connectivity index (χ4n) is 2.45. The molecule has 3 rings (SSSR count). The summed E-state index contributed by atoms with van der Waals surface area (Å²) >= 11 is 3.35. The highest BCUT2D eigenvalue weighted by Gasteiger charge is 2.14. The molecule has 6 heteroatoms. The van der Waals surface area contributed by atoms with Gasteiger partial charge in [-0.15, -0.1) is 0 Å². The minimum Gasteiger partial charge on any atom is -0.408 e. The van der Waals surface area contributed by atoms with E-state index in [2.05, 4.69) is 21.2 Å². The van der Waals surface area contributed by atoms with E-state index in [0.29, 0.717) is 22.4 Å². The first-order valence-electron chi connectivity index (χ1n) is 7.18. The summed E-state index contributed by atoms with van der Waals surface area (Å²) in [6.07, 6.45) is 0. The van der Waals surface area contributed by atoms with E-state index in [1.807, 2.05) is 19.9 Å². The van der Waals surface area contributed by atoms with E-state index in [0.717, 1.165) is 4.47 Å². The maximum Gasteiger partial charge on any atom is 0.420 e. The van der Waals surface area contributed by atoms with Crippen molar-refractivity contribution in [2.24, 2.45) is 0 Å². The topological polar surface area (TPSA) is 64.2 Å². The predicted octanol–water partition coefficient (Wildman–Crippen LogP) is 4.19. The molecular formula is C17H15BrN2O3. The number of hydrogen-bond donors (Lipinski definition) is 1. The van der Waals surface area contributed by atoms with Crippen molar-refractivity contribution in [2.75, 3.05) is 5.32 Å². The Balaban J connectivity index is 1.94. The van der Waals surface area contributed by atoms with Crippen LogP contribution >= 0.6 is 15.9 Å². The van der Waals surface area contributed by atoms with E-state index in [1.165, 1.54) is 0 Å². The summed E-state index contributed by atoms with van der Waals surface area (Å²) in [5, 5.41) is 2.81. The number of hydrogen-bond acceptors (Lipinski definition) is 3. The number of fused-ring (bicyclic) bond motifs is 1. The van der Waals surface area contributed by atoms with Gasteiger partial charge in [-0.2, -0.15) is 0 Å². The second-order valence-electron chi connectivity index (χ2n) is 5.45. The molecule has 3 aromatic rings. The number of oxazole rings is 1. The van der Waals surface area contributed by atoms with Crippen molar-refractivity contribution < 1.29 is 9.21 Å². The van der Waals surface area contributed by atoms with Crippen molar-refractivity contribution in [3.8, 4) is 0 Å². The third-order valence-corrected chi connectivity index (χ3v) is 4.20. The van der Waals surface area contributed by atoms with E-state index in [-0.39, 0.29) is 11.9 Å². The first-order chi connectivity index (χ1) is 11.0. The van der Waals surface area contributed by atoms with Gasteiger partial charge in [0.25, 0.3) is 5.91 Å². The van der Waals surface area contributed by atoms with Gasteiger partial charge in [-0.05, 0) is 54.0 Å². The molecule has 0 aliphatic carbocycles. The molecule has 0 spiro atoms. The van der Waals surface area contributed by atoms with Gasteiger partial charge in [0.2, 0.25) is 0 Å². The van der Waals surface area contributed by atoms with Gasteiger partial charge in [0.15, 0.2) is 5.58 Å². The number of nitrogens with zero attached hydrogens (tertiary/aromatic N) is 1. The number of aromatic nitrogens is 1. The van der Waals surface area contributed by atoms with Crippen LogP contribution in [0, 0.1) is 0 Å². The molecular weight excluding hydrogens is 360 g/mol. The molecule has 5 nitrogen and oxygen atoms in total. The normalized spacial score (nSPS) is 11.1. The predicted molar refractivity (Wildman–Crippen MR) is 93.0 cm³/mol. The molecule has 0 bridgehead atoms. The van der Waals surface area contributed by atoms with Crippen molar-refractivity contribution in [1.29, 1.82) is 0 Å². The number of carbonyl (C=O) groups is 1. The largest absolute Gasteiger partial charge is 0.420 e. The number of nitrogens with one attached hydrogen (secondary N) is 1. The number of anilines is 1. The zero-order valence-corrected chi connectivity index (χ0v) is 14.3. The van der Waals surface area contributed by atoms with Crippen LogP contribution in [-0.4, -0.2) is 10.5 Å². The molecule has 0 atom stereocenters. The summed E-state index contributed by atoms with van der Waals surface area (Å²) in [6.45, 7) is 3.83. The van der Waals surface area contributed by atoms with E-state index < -0.39 is 5.76 Å². The standard InChI is InChI=1S/C17H15BrN2O3/c1-10(2)20-14-8-7-11(9-15(14)23-17(20)22)19-16(21)12-5-3-4-6-13(12)18/h3-10H,1-2H3,(H,19,21). The Labute approximate surface area is 141 Å². The van der Waals surface area contributed by atoms with E-state index in [1.54, 1.807) is 41.0 Å². The van der Waals surface area contributed by atoms with Crippen molar-refractivity contribution in [1.82, 2.24) is 4.57 Å². The minimum atomic E-state index is -0.399. The highest BCUT2D eigenvalue weighted by molar-refractivity contribution is 9.10. The lowest BCUT2D eigenvalue weighted by Crippen LogP contribution is -2.15. The van der Waals surface area contributed by atoms with Crippen LogP contribution in [0.25, 0.3) is 11.1 Å². The molecule has 1 aromatic heterocycles. The third-order valence-electron chi connectivity index (χ3n) is 3.51. The SMILES string of the molecule is CC(C)n1c(=O)oc2cc(NC(=O)c3ccccc3Br)ccc21. The molecule has 0 saturated carbocycles. The molecule has 23 heavy (non-hydrogen) atoms. The Kier molecular flexibility index (Phi) is 4.09. The van der Waals surface area contributed by atoms with Gasteiger partial charge < -0.3 is 9.73 Å². The molecule has 0 saturated heterocycles. The summed E-state index contributed by atoms with van der Waals surface area (Å²) in [5.74, 6) is -0.633. The van der Waals surface area contributed by atoms with Crippen LogP contribution < -0.4 is 11.1 Å². The lowest BCUT2D eigenvalue weighted by molar-refractivity contribution is 0.102. The van der Waals surface area contributed by atoms with Crippen molar-refractivity contribution >= 4 is 38.6 Å². The maximum absolute atomic E-state index is 12.3. The van der Waals surface area contributed by atoms with Gasteiger partial charge >= 0.3 is 5.76 Å². The Morgan fingerprint density at radius 1 is 1.22 bits per heavy atom. The van der Waals surface area contributed by atoms with E-state index in [4.69, 9.17) is 4.42 Å². The average molecular weight is 375 g/mol. The van der Waals surface area contributed by atoms with Crippen molar-refractivity contribution in [2.45, 2.75) is 19.9 Å². The molecule has 0 fully saturated rings. The molecule has 118 valence electrons. The lowest BCUT2D eigenvalue weighted by atomic mass is 10.2. The van der Waals surface area contributed by atoms with E-state index in [9.17, 15) is 9.59 Å². The molecule has 1 N–H and O–H groups in total. The zero-order valence-electron chi connectivity index (χ0n) is 12.7. The summed E-state index contributed by atoms with van der Waals surface area (Å²) < 4.78 is 7.56. The molecule has 0 aliphatic heterocycles. The quantitative estimate of drug-likeness (QED) is 0.747. The monoisotopic (exact) mass is 374 g/mol. The fraction of sp³-hybridized carbons (Fsp3) is 0.176. The summed E-state index contributed by atoms with van der Waals surface area (Å²) in [4.78, 5) is 24.2. The molecule has 1 heterocycles. The highest BCUT2D eigenvalue weighted by atomic mass is 79.9. The Morgan fingerprint density at radius 3 is 2.65 bits per heavy atom. The Hall–Kier alpha value is -2.34. The van der Waals surface area contributed by atoms with Gasteiger partial charge in [0, 0.05) is 22.3 Å². The summed E-state index contributed by atoms with van der Waals surface area (Å²) in [6, 6.07) is 12.4. The Bertz CT molecular complexity index is 940. The first-order valence-corrected chi connectivity index (χ1v) is 7.97. The smallest absolute Gasteiger partial charge is 0.408 e. The second-order valence-corrected chi connectivity index (χ2v) is 6.30. The van der Waals surface area contributed by atoms with Gasteiger partial charge in [0.1, 0.15) is 0 Å². The number of carbonyl (C=O) groups excluding carboxylic acids is 1. The van der Waals surface area contributed by atoms with Crippen LogP contribution in [0.3, 0.4) is 0 Å². The van der Waals surface area contributed by atoms with Gasteiger partial charge in [-0.1, -0.05) is 12.1 Å².